The number of aromatic nitrogens is 2. The van der Waals surface area contributed by atoms with Crippen molar-refractivity contribution in [1.82, 2.24) is 15.1 Å². The Bertz CT molecular complexity index is 722. The third-order valence-corrected chi connectivity index (χ3v) is 3.97. The fraction of sp³-hybridized carbons (Fsp3) is 0.412. The van der Waals surface area contributed by atoms with Crippen molar-refractivity contribution in [1.29, 1.82) is 0 Å². The topological polar surface area (TPSA) is 56.1 Å². The smallest absolute Gasteiger partial charge is 0.376 e. The SMILES string of the molecule is O=C(NC[C@@H]1CCCO1)c1cnn(CC(F)(F)F)c1-c1ccccc1. The number of hydrogen-bond donors (Lipinski definition) is 1. The van der Waals surface area contributed by atoms with Crippen molar-refractivity contribution in [2.45, 2.75) is 31.7 Å². The van der Waals surface area contributed by atoms with Gasteiger partial charge < -0.3 is 10.1 Å². The van der Waals surface area contributed by atoms with Gasteiger partial charge in [-0.15, -0.1) is 0 Å². The van der Waals surface area contributed by atoms with Gasteiger partial charge in [0.25, 0.3) is 5.91 Å². The maximum atomic E-state index is 12.8. The highest BCUT2D eigenvalue weighted by atomic mass is 19.4. The first-order valence-corrected chi connectivity index (χ1v) is 8.02. The predicted octanol–water partition coefficient (Wildman–Crippen LogP) is 3.02. The van der Waals surface area contributed by atoms with E-state index in [4.69, 9.17) is 4.74 Å². The minimum absolute atomic E-state index is 0.0469. The summed E-state index contributed by atoms with van der Waals surface area (Å²) < 4.78 is 44.7. The predicted molar refractivity (Wildman–Crippen MR) is 85.0 cm³/mol. The van der Waals surface area contributed by atoms with Gasteiger partial charge in [0.15, 0.2) is 0 Å². The number of benzene rings is 1. The largest absolute Gasteiger partial charge is 0.408 e. The Balaban J connectivity index is 1.86. The summed E-state index contributed by atoms with van der Waals surface area (Å²) in [7, 11) is 0. The fourth-order valence-corrected chi connectivity index (χ4v) is 2.85. The molecule has 2 heterocycles. The van der Waals surface area contributed by atoms with Crippen molar-refractivity contribution in [3.05, 3.63) is 42.1 Å². The van der Waals surface area contributed by atoms with Crippen LogP contribution in [0.25, 0.3) is 11.3 Å². The molecule has 3 rings (SSSR count). The molecule has 5 nitrogen and oxygen atoms in total. The van der Waals surface area contributed by atoms with Crippen molar-refractivity contribution in [3.63, 3.8) is 0 Å². The van der Waals surface area contributed by atoms with Gasteiger partial charge in [-0.2, -0.15) is 18.3 Å². The zero-order chi connectivity index (χ0) is 17.9. The molecule has 0 spiro atoms. The molecule has 2 aromatic rings. The summed E-state index contributed by atoms with van der Waals surface area (Å²) in [6.45, 7) is -0.257. The third kappa shape index (κ3) is 4.39. The van der Waals surface area contributed by atoms with Gasteiger partial charge in [0.2, 0.25) is 0 Å². The van der Waals surface area contributed by atoms with E-state index in [-0.39, 0.29) is 17.4 Å². The van der Waals surface area contributed by atoms with E-state index in [0.29, 0.717) is 18.7 Å². The molecule has 0 saturated carbocycles. The Morgan fingerprint density at radius 3 is 2.72 bits per heavy atom. The lowest BCUT2D eigenvalue weighted by Gasteiger charge is -2.13. The van der Waals surface area contributed by atoms with E-state index in [0.717, 1.165) is 17.5 Å². The minimum Gasteiger partial charge on any atom is -0.376 e. The lowest BCUT2D eigenvalue weighted by molar-refractivity contribution is -0.142. The van der Waals surface area contributed by atoms with E-state index in [2.05, 4.69) is 10.4 Å². The summed E-state index contributed by atoms with van der Waals surface area (Å²) >= 11 is 0. The zero-order valence-corrected chi connectivity index (χ0v) is 13.4. The highest BCUT2D eigenvalue weighted by Crippen LogP contribution is 2.27. The Hall–Kier alpha value is -2.35. The lowest BCUT2D eigenvalue weighted by Crippen LogP contribution is -2.32. The van der Waals surface area contributed by atoms with Crippen LogP contribution in [0.4, 0.5) is 13.2 Å². The molecule has 0 radical (unpaired) electrons. The number of carbonyl (C=O) groups is 1. The monoisotopic (exact) mass is 353 g/mol. The molecule has 1 aromatic heterocycles. The molecule has 1 amide bonds. The van der Waals surface area contributed by atoms with Crippen molar-refractivity contribution in [2.75, 3.05) is 13.2 Å². The Morgan fingerprint density at radius 1 is 1.32 bits per heavy atom. The van der Waals surface area contributed by atoms with Crippen molar-refractivity contribution in [2.24, 2.45) is 0 Å². The van der Waals surface area contributed by atoms with Crippen LogP contribution in [-0.2, 0) is 11.3 Å². The van der Waals surface area contributed by atoms with Crippen LogP contribution in [0.15, 0.2) is 36.5 Å². The van der Waals surface area contributed by atoms with Crippen LogP contribution in [-0.4, -0.2) is 41.1 Å². The van der Waals surface area contributed by atoms with Crippen LogP contribution in [0, 0.1) is 0 Å². The number of alkyl halides is 3. The summed E-state index contributed by atoms with van der Waals surface area (Å²) in [4.78, 5) is 12.5. The standard InChI is InChI=1S/C17H18F3N3O2/c18-17(19,20)11-23-15(12-5-2-1-3-6-12)14(10-22-23)16(24)21-9-13-7-4-8-25-13/h1-3,5-6,10,13H,4,7-9,11H2,(H,21,24)/t13-/m0/s1. The van der Waals surface area contributed by atoms with Crippen molar-refractivity contribution in [3.8, 4) is 11.3 Å². The number of ether oxygens (including phenoxy) is 1. The second-order valence-corrected chi connectivity index (χ2v) is 5.89. The molecule has 0 bridgehead atoms. The first kappa shape index (κ1) is 17.5. The molecule has 1 atom stereocenters. The molecule has 1 aliphatic rings. The summed E-state index contributed by atoms with van der Waals surface area (Å²) in [5.41, 5.74) is 0.780. The molecule has 1 fully saturated rings. The Kier molecular flexibility index (Phi) is 5.08. The minimum atomic E-state index is -4.43. The molecule has 8 heteroatoms. The number of nitrogens with zero attached hydrogens (tertiary/aromatic N) is 2. The Labute approximate surface area is 142 Å². The van der Waals surface area contributed by atoms with E-state index in [1.807, 2.05) is 0 Å². The van der Waals surface area contributed by atoms with E-state index in [1.54, 1.807) is 30.3 Å². The normalized spacial score (nSPS) is 17.6. The summed E-state index contributed by atoms with van der Waals surface area (Å²) in [6.07, 6.45) is -1.49. The number of halogens is 3. The molecule has 1 N–H and O–H groups in total. The van der Waals surface area contributed by atoms with Crippen LogP contribution in [0.1, 0.15) is 23.2 Å². The quantitative estimate of drug-likeness (QED) is 0.899. The summed E-state index contributed by atoms with van der Waals surface area (Å²) in [5.74, 6) is -0.456. The second kappa shape index (κ2) is 7.26. The number of carbonyl (C=O) groups excluding carboxylic acids is 1. The van der Waals surface area contributed by atoms with E-state index < -0.39 is 18.6 Å². The van der Waals surface area contributed by atoms with Crippen LogP contribution in [0.5, 0.6) is 0 Å². The van der Waals surface area contributed by atoms with E-state index >= 15 is 0 Å². The molecule has 1 aliphatic heterocycles. The molecule has 1 saturated heterocycles. The summed E-state index contributed by atoms with van der Waals surface area (Å²) in [5, 5.41) is 6.51. The molecule has 134 valence electrons. The van der Waals surface area contributed by atoms with Crippen molar-refractivity contribution < 1.29 is 22.7 Å². The Morgan fingerprint density at radius 2 is 2.08 bits per heavy atom. The molecule has 0 aliphatic carbocycles. The van der Waals surface area contributed by atoms with Crippen molar-refractivity contribution >= 4 is 5.91 Å². The van der Waals surface area contributed by atoms with Gasteiger partial charge in [0, 0.05) is 18.7 Å². The van der Waals surface area contributed by atoms with E-state index in [9.17, 15) is 18.0 Å². The maximum Gasteiger partial charge on any atom is 0.408 e. The third-order valence-electron chi connectivity index (χ3n) is 3.97. The van der Waals surface area contributed by atoms with Crippen LogP contribution >= 0.6 is 0 Å². The van der Waals surface area contributed by atoms with Gasteiger partial charge in [0.1, 0.15) is 6.54 Å². The molecular formula is C17H18F3N3O2. The van der Waals surface area contributed by atoms with Crippen LogP contribution in [0.3, 0.4) is 0 Å². The van der Waals surface area contributed by atoms with Gasteiger partial charge >= 0.3 is 6.18 Å². The molecule has 25 heavy (non-hydrogen) atoms. The van der Waals surface area contributed by atoms with Gasteiger partial charge in [-0.3, -0.25) is 9.48 Å². The average molecular weight is 353 g/mol. The summed E-state index contributed by atoms with van der Waals surface area (Å²) in [6, 6.07) is 8.47. The molecule has 1 aromatic carbocycles. The highest BCUT2D eigenvalue weighted by molar-refractivity contribution is 5.99. The highest BCUT2D eigenvalue weighted by Gasteiger charge is 2.31. The maximum absolute atomic E-state index is 12.8. The second-order valence-electron chi connectivity index (χ2n) is 5.89. The lowest BCUT2D eigenvalue weighted by atomic mass is 10.1. The van der Waals surface area contributed by atoms with Gasteiger partial charge in [-0.25, -0.2) is 0 Å². The van der Waals surface area contributed by atoms with Gasteiger partial charge in [0.05, 0.1) is 23.6 Å². The number of hydrogen-bond acceptors (Lipinski definition) is 3. The van der Waals surface area contributed by atoms with Gasteiger partial charge in [-0.1, -0.05) is 30.3 Å². The molecular weight excluding hydrogens is 335 g/mol. The average Bonchev–Trinajstić information content (AvgIpc) is 3.21. The van der Waals surface area contributed by atoms with Crippen LogP contribution in [0.2, 0.25) is 0 Å². The van der Waals surface area contributed by atoms with Crippen LogP contribution < -0.4 is 5.32 Å². The number of nitrogens with one attached hydrogen (secondary N) is 1. The van der Waals surface area contributed by atoms with Gasteiger partial charge in [-0.05, 0) is 12.8 Å². The number of amides is 1. The first-order chi connectivity index (χ1) is 11.9. The molecule has 0 unspecified atom stereocenters. The number of rotatable bonds is 5. The first-order valence-electron chi connectivity index (χ1n) is 8.02. The fourth-order valence-electron chi connectivity index (χ4n) is 2.85. The zero-order valence-electron chi connectivity index (χ0n) is 13.4. The van der Waals surface area contributed by atoms with E-state index in [1.165, 1.54) is 6.20 Å².